The molecule has 1 aromatic rings. The van der Waals surface area contributed by atoms with E-state index in [4.69, 9.17) is 5.73 Å². The van der Waals surface area contributed by atoms with Crippen molar-refractivity contribution < 1.29 is 4.79 Å². The van der Waals surface area contributed by atoms with Gasteiger partial charge in [0.05, 0.1) is 6.04 Å². The molecule has 0 aliphatic carbocycles. The van der Waals surface area contributed by atoms with Crippen molar-refractivity contribution >= 4 is 52.3 Å². The van der Waals surface area contributed by atoms with Gasteiger partial charge in [0, 0.05) is 10.7 Å². The van der Waals surface area contributed by atoms with Gasteiger partial charge in [-0.2, -0.15) is 0 Å². The quantitative estimate of drug-likeness (QED) is 0.762. The van der Waals surface area contributed by atoms with Crippen molar-refractivity contribution in [3.8, 4) is 0 Å². The Kier molecular flexibility index (Phi) is 8.54. The lowest BCUT2D eigenvalue weighted by Crippen LogP contribution is -2.34. The van der Waals surface area contributed by atoms with E-state index in [0.29, 0.717) is 4.47 Å². The van der Waals surface area contributed by atoms with Crippen molar-refractivity contribution in [1.82, 2.24) is 4.98 Å². The first kappa shape index (κ1) is 17.8. The Morgan fingerprint density at radius 1 is 1.56 bits per heavy atom. The highest BCUT2D eigenvalue weighted by atomic mass is 79.9. The van der Waals surface area contributed by atoms with Crippen LogP contribution in [0.1, 0.15) is 6.92 Å². The van der Waals surface area contributed by atoms with Crippen LogP contribution >= 0.6 is 40.7 Å². The number of rotatable bonds is 2. The fourth-order valence-electron chi connectivity index (χ4n) is 0.797. The molecule has 5 nitrogen and oxygen atoms in total. The monoisotopic (exact) mass is 331 g/mol. The van der Waals surface area contributed by atoms with Crippen LogP contribution in [0.15, 0.2) is 21.5 Å². The molecule has 0 aliphatic heterocycles. The highest BCUT2D eigenvalue weighted by Crippen LogP contribution is 2.09. The van der Waals surface area contributed by atoms with Crippen LogP contribution in [0.4, 0.5) is 5.69 Å². The molecule has 8 heteroatoms. The summed E-state index contributed by atoms with van der Waals surface area (Å²) >= 11 is 3.17. The van der Waals surface area contributed by atoms with E-state index in [1.54, 1.807) is 6.92 Å². The second-order valence-corrected chi connectivity index (χ2v) is 3.75. The second kappa shape index (κ2) is 7.67. The number of anilines is 1. The second-order valence-electron chi connectivity index (χ2n) is 2.84. The predicted octanol–water partition coefficient (Wildman–Crippen LogP) is 1.27. The normalized spacial score (nSPS) is 10.7. The molecule has 0 aliphatic rings. The zero-order valence-electron chi connectivity index (χ0n) is 8.32. The zero-order valence-corrected chi connectivity index (χ0v) is 11.5. The van der Waals surface area contributed by atoms with Crippen LogP contribution in [0.2, 0.25) is 0 Å². The maximum atomic E-state index is 11.2. The Morgan fingerprint density at radius 2 is 2.12 bits per heavy atom. The first-order valence-corrected chi connectivity index (χ1v) is 4.74. The molecular weight excluding hydrogens is 321 g/mol. The topological polar surface area (TPSA) is 88.0 Å². The standard InChI is InChI=1S/C8H10BrN3O2.2ClH/c1-4(10)7(13)12-6-2-5(9)3-11-8(6)14;;/h2-4H,10H2,1H3,(H,11,14)(H,12,13);2*1H/t4-;;/m0../s1. The summed E-state index contributed by atoms with van der Waals surface area (Å²) in [5.74, 6) is -0.395. The van der Waals surface area contributed by atoms with Gasteiger partial charge in [-0.25, -0.2) is 0 Å². The predicted molar refractivity (Wildman–Crippen MR) is 71.5 cm³/mol. The average Bonchev–Trinajstić information content (AvgIpc) is 2.11. The molecule has 0 unspecified atom stereocenters. The Bertz CT molecular complexity index is 409. The van der Waals surface area contributed by atoms with Gasteiger partial charge >= 0.3 is 0 Å². The molecule has 0 saturated heterocycles. The molecule has 0 spiro atoms. The highest BCUT2D eigenvalue weighted by molar-refractivity contribution is 9.10. The summed E-state index contributed by atoms with van der Waals surface area (Å²) in [4.78, 5) is 24.8. The number of nitrogens with two attached hydrogens (primary N) is 1. The van der Waals surface area contributed by atoms with E-state index >= 15 is 0 Å². The van der Waals surface area contributed by atoms with Crippen molar-refractivity contribution in [2.45, 2.75) is 13.0 Å². The largest absolute Gasteiger partial charge is 0.326 e. The molecule has 0 saturated carbocycles. The molecule has 0 fully saturated rings. The first-order valence-electron chi connectivity index (χ1n) is 3.95. The molecule has 1 atom stereocenters. The zero-order chi connectivity index (χ0) is 10.7. The summed E-state index contributed by atoms with van der Waals surface area (Å²) in [7, 11) is 0. The minimum absolute atomic E-state index is 0. The third kappa shape index (κ3) is 4.98. The van der Waals surface area contributed by atoms with Crippen molar-refractivity contribution in [2.75, 3.05) is 5.32 Å². The van der Waals surface area contributed by atoms with E-state index in [0.717, 1.165) is 0 Å². The molecule has 4 N–H and O–H groups in total. The van der Waals surface area contributed by atoms with Crippen LogP contribution in [0.5, 0.6) is 0 Å². The van der Waals surface area contributed by atoms with Gasteiger partial charge in [0.1, 0.15) is 5.69 Å². The number of carbonyl (C=O) groups excluding carboxylic acids is 1. The molecule has 0 aromatic carbocycles. The van der Waals surface area contributed by atoms with Crippen molar-refractivity contribution in [2.24, 2.45) is 5.73 Å². The Morgan fingerprint density at radius 3 is 2.62 bits per heavy atom. The number of amides is 1. The minimum Gasteiger partial charge on any atom is -0.326 e. The molecule has 0 radical (unpaired) electrons. The maximum absolute atomic E-state index is 11.2. The lowest BCUT2D eigenvalue weighted by Gasteiger charge is -2.06. The van der Waals surface area contributed by atoms with E-state index in [2.05, 4.69) is 26.2 Å². The molecule has 1 heterocycles. The van der Waals surface area contributed by atoms with Crippen LogP contribution in [0, 0.1) is 0 Å². The number of pyridine rings is 1. The molecule has 0 bridgehead atoms. The van der Waals surface area contributed by atoms with Gasteiger partial charge in [-0.15, -0.1) is 24.8 Å². The van der Waals surface area contributed by atoms with Crippen LogP contribution in [-0.4, -0.2) is 16.9 Å². The Hall–Kier alpha value is -0.560. The first-order chi connectivity index (χ1) is 6.50. The number of nitrogens with one attached hydrogen (secondary N) is 2. The minimum atomic E-state index is -0.645. The maximum Gasteiger partial charge on any atom is 0.271 e. The van der Waals surface area contributed by atoms with Crippen LogP contribution in [0.3, 0.4) is 0 Å². The van der Waals surface area contributed by atoms with Crippen LogP contribution < -0.4 is 16.6 Å². The molecular formula is C8H12BrCl2N3O2. The smallest absolute Gasteiger partial charge is 0.271 e. The number of halogens is 3. The Labute approximate surface area is 113 Å². The van der Waals surface area contributed by atoms with E-state index < -0.39 is 11.9 Å². The van der Waals surface area contributed by atoms with Crippen LogP contribution in [0.25, 0.3) is 0 Å². The van der Waals surface area contributed by atoms with Gasteiger partial charge in [-0.3, -0.25) is 9.59 Å². The van der Waals surface area contributed by atoms with Gasteiger partial charge in [-0.05, 0) is 28.9 Å². The van der Waals surface area contributed by atoms with Gasteiger partial charge in [0.15, 0.2) is 0 Å². The van der Waals surface area contributed by atoms with Crippen molar-refractivity contribution in [3.63, 3.8) is 0 Å². The molecule has 16 heavy (non-hydrogen) atoms. The third-order valence-corrected chi connectivity index (χ3v) is 2.00. The van der Waals surface area contributed by atoms with Crippen molar-refractivity contribution in [1.29, 1.82) is 0 Å². The summed E-state index contributed by atoms with van der Waals surface area (Å²) in [5.41, 5.74) is 5.16. The van der Waals surface area contributed by atoms with Crippen LogP contribution in [-0.2, 0) is 4.79 Å². The van der Waals surface area contributed by atoms with Gasteiger partial charge in [-0.1, -0.05) is 0 Å². The fraction of sp³-hybridized carbons (Fsp3) is 0.250. The summed E-state index contributed by atoms with van der Waals surface area (Å²) in [6.45, 7) is 1.54. The number of carbonyl (C=O) groups is 1. The fourth-order valence-corrected chi connectivity index (χ4v) is 1.14. The number of aromatic nitrogens is 1. The lowest BCUT2D eigenvalue weighted by molar-refractivity contribution is -0.117. The number of aromatic amines is 1. The summed E-state index contributed by atoms with van der Waals surface area (Å²) in [6.07, 6.45) is 1.49. The number of hydrogen-bond donors (Lipinski definition) is 3. The van der Waals surface area contributed by atoms with E-state index in [-0.39, 0.29) is 36.1 Å². The third-order valence-electron chi connectivity index (χ3n) is 1.54. The molecule has 92 valence electrons. The molecule has 1 rings (SSSR count). The van der Waals surface area contributed by atoms with Gasteiger partial charge in [0.25, 0.3) is 5.56 Å². The lowest BCUT2D eigenvalue weighted by atomic mass is 10.3. The number of hydrogen-bond acceptors (Lipinski definition) is 3. The molecule has 1 amide bonds. The summed E-state index contributed by atoms with van der Waals surface area (Å²) < 4.78 is 0.678. The SMILES string of the molecule is C[C@H](N)C(=O)Nc1cc(Br)c[nH]c1=O.Cl.Cl. The summed E-state index contributed by atoms with van der Waals surface area (Å²) in [6, 6.07) is 0.868. The molecule has 1 aromatic heterocycles. The summed E-state index contributed by atoms with van der Waals surface area (Å²) in [5, 5.41) is 2.41. The van der Waals surface area contributed by atoms with Gasteiger partial charge < -0.3 is 16.0 Å². The number of H-pyrrole nitrogens is 1. The van der Waals surface area contributed by atoms with E-state index in [1.165, 1.54) is 12.3 Å². The highest BCUT2D eigenvalue weighted by Gasteiger charge is 2.09. The van der Waals surface area contributed by atoms with E-state index in [9.17, 15) is 9.59 Å². The van der Waals surface area contributed by atoms with Gasteiger partial charge in [0.2, 0.25) is 5.91 Å². The average molecular weight is 333 g/mol. The Balaban J connectivity index is 0. The van der Waals surface area contributed by atoms with Crippen molar-refractivity contribution in [3.05, 3.63) is 27.1 Å². The van der Waals surface area contributed by atoms with E-state index in [1.807, 2.05) is 0 Å².